The van der Waals surface area contributed by atoms with E-state index in [9.17, 15) is 18.0 Å². The van der Waals surface area contributed by atoms with Crippen LogP contribution in [0.2, 0.25) is 0 Å². The predicted molar refractivity (Wildman–Crippen MR) is 80.1 cm³/mol. The number of alkyl halides is 3. The molecule has 1 aliphatic rings. The van der Waals surface area contributed by atoms with Gasteiger partial charge < -0.3 is 10.1 Å². The normalized spacial score (nSPS) is 16.5. The number of amides is 1. The first kappa shape index (κ1) is 17.1. The van der Waals surface area contributed by atoms with E-state index in [0.717, 1.165) is 43.9 Å². The number of ether oxygens (including phenoxy) is 1. The summed E-state index contributed by atoms with van der Waals surface area (Å²) in [5.41, 5.74) is -0.511. The van der Waals surface area contributed by atoms with Crippen molar-refractivity contribution in [3.05, 3.63) is 35.4 Å². The molecular formula is C15H18F3NO2S. The monoisotopic (exact) mass is 333 g/mol. The molecule has 0 aliphatic carbocycles. The predicted octanol–water partition coefficient (Wildman–Crippen LogP) is 3.35. The Labute approximate surface area is 131 Å². The molecule has 1 heterocycles. The second-order valence-electron chi connectivity index (χ2n) is 5.01. The van der Waals surface area contributed by atoms with Crippen LogP contribution in [0.3, 0.4) is 0 Å². The Morgan fingerprint density at radius 1 is 1.23 bits per heavy atom. The van der Waals surface area contributed by atoms with Gasteiger partial charge in [-0.25, -0.2) is 0 Å². The SMILES string of the molecule is O=C(NCCSC1CCOCC1)c1ccc(C(F)(F)F)cc1. The molecule has 1 N–H and O–H groups in total. The quantitative estimate of drug-likeness (QED) is 0.840. The molecule has 0 spiro atoms. The minimum absolute atomic E-state index is 0.240. The van der Waals surface area contributed by atoms with Crippen LogP contribution in [-0.4, -0.2) is 36.7 Å². The van der Waals surface area contributed by atoms with E-state index < -0.39 is 11.7 Å². The number of hydrogen-bond acceptors (Lipinski definition) is 3. The van der Waals surface area contributed by atoms with Crippen LogP contribution in [0.1, 0.15) is 28.8 Å². The van der Waals surface area contributed by atoms with Crippen molar-refractivity contribution < 1.29 is 22.7 Å². The zero-order valence-electron chi connectivity index (χ0n) is 12.0. The summed E-state index contributed by atoms with van der Waals surface area (Å²) in [5.74, 6) is 0.443. The third-order valence-electron chi connectivity index (χ3n) is 3.38. The fourth-order valence-corrected chi connectivity index (χ4v) is 3.22. The summed E-state index contributed by atoms with van der Waals surface area (Å²) in [6.07, 6.45) is -2.33. The van der Waals surface area contributed by atoms with Crippen molar-refractivity contribution in [1.29, 1.82) is 0 Å². The van der Waals surface area contributed by atoms with E-state index in [-0.39, 0.29) is 11.5 Å². The molecule has 0 bridgehead atoms. The van der Waals surface area contributed by atoms with Gasteiger partial charge in [0.1, 0.15) is 0 Å². The molecule has 3 nitrogen and oxygen atoms in total. The number of hydrogen-bond donors (Lipinski definition) is 1. The van der Waals surface area contributed by atoms with E-state index in [1.165, 1.54) is 12.1 Å². The van der Waals surface area contributed by atoms with Crippen LogP contribution in [-0.2, 0) is 10.9 Å². The maximum atomic E-state index is 12.4. The molecule has 0 saturated carbocycles. The molecule has 1 aromatic rings. The summed E-state index contributed by atoms with van der Waals surface area (Å²) in [5, 5.41) is 3.29. The molecule has 1 fully saturated rings. The Balaban J connectivity index is 1.72. The molecule has 2 rings (SSSR count). The van der Waals surface area contributed by atoms with Crippen LogP contribution in [0.25, 0.3) is 0 Å². The lowest BCUT2D eigenvalue weighted by atomic mass is 10.1. The average molecular weight is 333 g/mol. The van der Waals surface area contributed by atoms with Crippen LogP contribution in [0, 0.1) is 0 Å². The summed E-state index contributed by atoms with van der Waals surface area (Å²) in [6, 6.07) is 4.24. The summed E-state index contributed by atoms with van der Waals surface area (Å²) >= 11 is 1.80. The molecule has 122 valence electrons. The summed E-state index contributed by atoms with van der Waals surface area (Å²) in [6.45, 7) is 2.08. The maximum Gasteiger partial charge on any atom is 0.416 e. The van der Waals surface area contributed by atoms with E-state index >= 15 is 0 Å². The van der Waals surface area contributed by atoms with Gasteiger partial charge in [-0.1, -0.05) is 0 Å². The zero-order valence-corrected chi connectivity index (χ0v) is 12.8. The summed E-state index contributed by atoms with van der Waals surface area (Å²) < 4.78 is 42.6. The van der Waals surface area contributed by atoms with Crippen molar-refractivity contribution >= 4 is 17.7 Å². The molecule has 1 aliphatic heterocycles. The first-order valence-corrected chi connectivity index (χ1v) is 8.16. The van der Waals surface area contributed by atoms with Gasteiger partial charge in [0.2, 0.25) is 0 Å². The van der Waals surface area contributed by atoms with E-state index in [1.54, 1.807) is 11.8 Å². The molecule has 22 heavy (non-hydrogen) atoms. The van der Waals surface area contributed by atoms with Gasteiger partial charge in [0, 0.05) is 36.3 Å². The molecule has 7 heteroatoms. The number of benzene rings is 1. The van der Waals surface area contributed by atoms with Gasteiger partial charge in [0.25, 0.3) is 5.91 Å². The van der Waals surface area contributed by atoms with Gasteiger partial charge in [-0.15, -0.1) is 0 Å². The Hall–Kier alpha value is -1.21. The van der Waals surface area contributed by atoms with Crippen molar-refractivity contribution in [1.82, 2.24) is 5.32 Å². The van der Waals surface area contributed by atoms with E-state index in [1.807, 2.05) is 0 Å². The number of nitrogens with one attached hydrogen (secondary N) is 1. The van der Waals surface area contributed by atoms with Gasteiger partial charge in [-0.05, 0) is 37.1 Å². The highest BCUT2D eigenvalue weighted by Gasteiger charge is 2.30. The second-order valence-corrected chi connectivity index (χ2v) is 6.42. The smallest absolute Gasteiger partial charge is 0.381 e. The number of carbonyl (C=O) groups is 1. The van der Waals surface area contributed by atoms with E-state index in [0.29, 0.717) is 11.8 Å². The number of rotatable bonds is 5. The van der Waals surface area contributed by atoms with Crippen LogP contribution >= 0.6 is 11.8 Å². The fraction of sp³-hybridized carbons (Fsp3) is 0.533. The Bertz CT molecular complexity index is 485. The minimum atomic E-state index is -4.38. The molecule has 1 aromatic carbocycles. The number of thioether (sulfide) groups is 1. The van der Waals surface area contributed by atoms with Crippen LogP contribution in [0.15, 0.2) is 24.3 Å². The number of halogens is 3. The Kier molecular flexibility index (Phi) is 6.14. The lowest BCUT2D eigenvalue weighted by Gasteiger charge is -2.21. The van der Waals surface area contributed by atoms with Crippen LogP contribution in [0.4, 0.5) is 13.2 Å². The van der Waals surface area contributed by atoms with Gasteiger partial charge in [-0.3, -0.25) is 4.79 Å². The molecule has 1 saturated heterocycles. The van der Waals surface area contributed by atoms with Crippen LogP contribution in [0.5, 0.6) is 0 Å². The molecule has 0 aromatic heterocycles. The van der Waals surface area contributed by atoms with Crippen molar-refractivity contribution in [3.8, 4) is 0 Å². The van der Waals surface area contributed by atoms with Crippen molar-refractivity contribution in [2.75, 3.05) is 25.5 Å². The molecule has 0 atom stereocenters. The highest BCUT2D eigenvalue weighted by Crippen LogP contribution is 2.29. The van der Waals surface area contributed by atoms with Crippen molar-refractivity contribution in [2.24, 2.45) is 0 Å². The average Bonchev–Trinajstić information content (AvgIpc) is 2.52. The van der Waals surface area contributed by atoms with Crippen LogP contribution < -0.4 is 5.32 Å². The van der Waals surface area contributed by atoms with Crippen molar-refractivity contribution in [2.45, 2.75) is 24.3 Å². The van der Waals surface area contributed by atoms with Gasteiger partial charge in [0.05, 0.1) is 5.56 Å². The zero-order chi connectivity index (χ0) is 16.0. The third-order valence-corrected chi connectivity index (χ3v) is 4.77. The van der Waals surface area contributed by atoms with Crippen molar-refractivity contribution in [3.63, 3.8) is 0 Å². The van der Waals surface area contributed by atoms with E-state index in [2.05, 4.69) is 5.32 Å². The second kappa shape index (κ2) is 7.87. The largest absolute Gasteiger partial charge is 0.416 e. The first-order chi connectivity index (χ1) is 10.5. The topological polar surface area (TPSA) is 38.3 Å². The van der Waals surface area contributed by atoms with Gasteiger partial charge in [0.15, 0.2) is 0 Å². The third kappa shape index (κ3) is 5.21. The molecule has 1 amide bonds. The first-order valence-electron chi connectivity index (χ1n) is 7.11. The minimum Gasteiger partial charge on any atom is -0.381 e. The lowest BCUT2D eigenvalue weighted by Crippen LogP contribution is -2.27. The maximum absolute atomic E-state index is 12.4. The molecule has 0 radical (unpaired) electrons. The van der Waals surface area contributed by atoms with Gasteiger partial charge in [-0.2, -0.15) is 24.9 Å². The fourth-order valence-electron chi connectivity index (χ4n) is 2.15. The standard InChI is InChI=1S/C15H18F3NO2S/c16-15(17,18)12-3-1-11(2-4-12)14(20)19-7-10-22-13-5-8-21-9-6-13/h1-4,13H,5-10H2,(H,19,20). The highest BCUT2D eigenvalue weighted by atomic mass is 32.2. The number of carbonyl (C=O) groups excluding carboxylic acids is 1. The Morgan fingerprint density at radius 3 is 2.45 bits per heavy atom. The van der Waals surface area contributed by atoms with Gasteiger partial charge >= 0.3 is 6.18 Å². The lowest BCUT2D eigenvalue weighted by molar-refractivity contribution is -0.137. The highest BCUT2D eigenvalue weighted by molar-refractivity contribution is 7.99. The molecule has 0 unspecified atom stereocenters. The van der Waals surface area contributed by atoms with E-state index in [4.69, 9.17) is 4.74 Å². The summed E-state index contributed by atoms with van der Waals surface area (Å²) in [4.78, 5) is 11.8. The molecular weight excluding hydrogens is 315 g/mol. The summed E-state index contributed by atoms with van der Waals surface area (Å²) in [7, 11) is 0. The Morgan fingerprint density at radius 2 is 1.86 bits per heavy atom.